The van der Waals surface area contributed by atoms with Crippen LogP contribution in [-0.4, -0.2) is 63.9 Å². The summed E-state index contributed by atoms with van der Waals surface area (Å²) in [6.07, 6.45) is 1.52. The Labute approximate surface area is 145 Å². The number of aromatic amines is 1. The molecule has 3 heterocycles. The summed E-state index contributed by atoms with van der Waals surface area (Å²) in [5, 5.41) is 6.74. The average molecular weight is 343 g/mol. The fourth-order valence-electron chi connectivity index (χ4n) is 3.24. The van der Waals surface area contributed by atoms with Crippen molar-refractivity contribution in [1.29, 1.82) is 0 Å². The molecule has 4 rings (SSSR count). The summed E-state index contributed by atoms with van der Waals surface area (Å²) in [7, 11) is 0. The topological polar surface area (TPSA) is 83.6 Å². The Hall–Kier alpha value is -2.61. The second kappa shape index (κ2) is 6.72. The van der Waals surface area contributed by atoms with E-state index in [2.05, 4.69) is 20.1 Å². The van der Waals surface area contributed by atoms with Gasteiger partial charge in [0.05, 0.1) is 12.5 Å². The van der Waals surface area contributed by atoms with Gasteiger partial charge in [0.15, 0.2) is 11.5 Å². The largest absolute Gasteiger partial charge is 0.454 e. The van der Waals surface area contributed by atoms with Crippen molar-refractivity contribution >= 4 is 5.91 Å². The maximum absolute atomic E-state index is 12.8. The van der Waals surface area contributed by atoms with Crippen LogP contribution >= 0.6 is 0 Å². The number of piperazine rings is 1. The predicted octanol–water partition coefficient (Wildman–Crippen LogP) is 0.981. The van der Waals surface area contributed by atoms with Crippen LogP contribution in [-0.2, 0) is 11.3 Å². The number of hydrogen-bond donors (Lipinski definition) is 1. The molecule has 132 valence electrons. The molecule has 2 aromatic rings. The number of benzene rings is 1. The summed E-state index contributed by atoms with van der Waals surface area (Å²) in [6, 6.07) is 5.72. The summed E-state index contributed by atoms with van der Waals surface area (Å²) in [5.74, 6) is 2.26. The molecule has 25 heavy (non-hydrogen) atoms. The zero-order valence-corrected chi connectivity index (χ0v) is 14.1. The molecule has 1 amide bonds. The quantitative estimate of drug-likeness (QED) is 0.891. The zero-order valence-electron chi connectivity index (χ0n) is 14.1. The summed E-state index contributed by atoms with van der Waals surface area (Å²) >= 11 is 0. The normalized spacial score (nSPS) is 18.4. The minimum atomic E-state index is -0.199. The lowest BCUT2D eigenvalue weighted by Crippen LogP contribution is -2.49. The van der Waals surface area contributed by atoms with Crippen LogP contribution < -0.4 is 9.47 Å². The Morgan fingerprint density at radius 2 is 2.04 bits per heavy atom. The van der Waals surface area contributed by atoms with E-state index in [1.165, 1.54) is 6.33 Å². The molecule has 0 aliphatic carbocycles. The number of rotatable bonds is 4. The van der Waals surface area contributed by atoms with E-state index >= 15 is 0 Å². The Balaban J connectivity index is 1.35. The van der Waals surface area contributed by atoms with Gasteiger partial charge in [-0.2, -0.15) is 5.10 Å². The van der Waals surface area contributed by atoms with Crippen LogP contribution in [0.1, 0.15) is 24.2 Å². The summed E-state index contributed by atoms with van der Waals surface area (Å²) in [4.78, 5) is 21.2. The summed E-state index contributed by atoms with van der Waals surface area (Å²) in [6.45, 7) is 6.04. The third-order valence-electron chi connectivity index (χ3n) is 4.79. The van der Waals surface area contributed by atoms with E-state index in [9.17, 15) is 4.79 Å². The highest BCUT2D eigenvalue weighted by Crippen LogP contribution is 2.35. The van der Waals surface area contributed by atoms with Gasteiger partial charge in [-0.1, -0.05) is 6.07 Å². The molecule has 8 heteroatoms. The van der Waals surface area contributed by atoms with Crippen molar-refractivity contribution in [2.45, 2.75) is 19.4 Å². The smallest absolute Gasteiger partial charge is 0.231 e. The van der Waals surface area contributed by atoms with Crippen LogP contribution in [0.2, 0.25) is 0 Å². The molecular formula is C17H21N5O3. The van der Waals surface area contributed by atoms with E-state index in [4.69, 9.17) is 9.47 Å². The third-order valence-corrected chi connectivity index (χ3v) is 4.79. The van der Waals surface area contributed by atoms with Crippen LogP contribution in [0.5, 0.6) is 11.5 Å². The third kappa shape index (κ3) is 3.30. The van der Waals surface area contributed by atoms with Crippen LogP contribution in [0.15, 0.2) is 24.5 Å². The second-order valence-corrected chi connectivity index (χ2v) is 6.37. The van der Waals surface area contributed by atoms with Crippen molar-refractivity contribution in [3.63, 3.8) is 0 Å². The molecule has 1 saturated heterocycles. The first-order valence-electron chi connectivity index (χ1n) is 8.45. The summed E-state index contributed by atoms with van der Waals surface area (Å²) < 4.78 is 10.7. The van der Waals surface area contributed by atoms with E-state index < -0.39 is 0 Å². The number of carbonyl (C=O) groups excluding carboxylic acids is 1. The van der Waals surface area contributed by atoms with Crippen LogP contribution in [0.4, 0.5) is 0 Å². The number of aromatic nitrogens is 3. The molecule has 1 aromatic heterocycles. The standard InChI is InChI=1S/C17H21N5O3/c1-12(13-2-3-14-15(8-13)25-11-24-14)17(23)22-6-4-21(5-7-22)9-16-18-10-19-20-16/h2-3,8,10,12H,4-7,9,11H2,1H3,(H,18,19,20). The number of hydrogen-bond acceptors (Lipinski definition) is 6. The number of nitrogens with zero attached hydrogens (tertiary/aromatic N) is 4. The number of ether oxygens (including phenoxy) is 2. The predicted molar refractivity (Wildman–Crippen MR) is 89.2 cm³/mol. The van der Waals surface area contributed by atoms with Gasteiger partial charge in [-0.3, -0.25) is 14.8 Å². The highest BCUT2D eigenvalue weighted by atomic mass is 16.7. The molecule has 8 nitrogen and oxygen atoms in total. The molecule has 1 aromatic carbocycles. The van der Waals surface area contributed by atoms with E-state index in [0.717, 1.165) is 49.9 Å². The molecule has 2 aliphatic heterocycles. The molecule has 0 spiro atoms. The van der Waals surface area contributed by atoms with Crippen molar-refractivity contribution < 1.29 is 14.3 Å². The molecule has 2 aliphatic rings. The van der Waals surface area contributed by atoms with Crippen LogP contribution in [0.3, 0.4) is 0 Å². The van der Waals surface area contributed by atoms with E-state index in [1.807, 2.05) is 30.0 Å². The average Bonchev–Trinajstić information content (AvgIpc) is 3.32. The van der Waals surface area contributed by atoms with E-state index in [-0.39, 0.29) is 18.6 Å². The molecule has 0 bridgehead atoms. The lowest BCUT2D eigenvalue weighted by atomic mass is 9.99. The van der Waals surface area contributed by atoms with Crippen molar-refractivity contribution in [3.05, 3.63) is 35.9 Å². The summed E-state index contributed by atoms with van der Waals surface area (Å²) in [5.41, 5.74) is 0.957. The molecule has 1 atom stereocenters. The molecule has 1 fully saturated rings. The Bertz CT molecular complexity index is 741. The van der Waals surface area contributed by atoms with Gasteiger partial charge in [0.25, 0.3) is 0 Å². The van der Waals surface area contributed by atoms with Gasteiger partial charge in [-0.25, -0.2) is 4.98 Å². The van der Waals surface area contributed by atoms with Gasteiger partial charge < -0.3 is 14.4 Å². The highest BCUT2D eigenvalue weighted by Gasteiger charge is 2.27. The maximum atomic E-state index is 12.8. The van der Waals surface area contributed by atoms with Gasteiger partial charge in [-0.15, -0.1) is 0 Å². The van der Waals surface area contributed by atoms with Crippen molar-refractivity contribution in [1.82, 2.24) is 25.0 Å². The first kappa shape index (κ1) is 15.9. The first-order chi connectivity index (χ1) is 12.2. The second-order valence-electron chi connectivity index (χ2n) is 6.37. The molecule has 1 N–H and O–H groups in total. The van der Waals surface area contributed by atoms with E-state index in [0.29, 0.717) is 5.75 Å². The van der Waals surface area contributed by atoms with Crippen LogP contribution in [0.25, 0.3) is 0 Å². The van der Waals surface area contributed by atoms with Crippen LogP contribution in [0, 0.1) is 0 Å². The Kier molecular flexibility index (Phi) is 4.27. The van der Waals surface area contributed by atoms with Gasteiger partial charge in [0.1, 0.15) is 12.2 Å². The lowest BCUT2D eigenvalue weighted by Gasteiger charge is -2.35. The van der Waals surface area contributed by atoms with Crippen molar-refractivity contribution in [2.75, 3.05) is 33.0 Å². The number of H-pyrrole nitrogens is 1. The Morgan fingerprint density at radius 3 is 2.80 bits per heavy atom. The molecule has 0 radical (unpaired) electrons. The fraction of sp³-hybridized carbons (Fsp3) is 0.471. The number of carbonyl (C=O) groups is 1. The molecular weight excluding hydrogens is 322 g/mol. The fourth-order valence-corrected chi connectivity index (χ4v) is 3.24. The highest BCUT2D eigenvalue weighted by molar-refractivity contribution is 5.83. The number of fused-ring (bicyclic) bond motifs is 1. The number of amides is 1. The van der Waals surface area contributed by atoms with Gasteiger partial charge in [0.2, 0.25) is 12.7 Å². The first-order valence-corrected chi connectivity index (χ1v) is 8.45. The molecule has 1 unspecified atom stereocenters. The minimum absolute atomic E-state index is 0.151. The molecule has 0 saturated carbocycles. The number of nitrogens with one attached hydrogen (secondary N) is 1. The van der Waals surface area contributed by atoms with Gasteiger partial charge in [0, 0.05) is 26.2 Å². The van der Waals surface area contributed by atoms with Crippen molar-refractivity contribution in [3.8, 4) is 11.5 Å². The van der Waals surface area contributed by atoms with Gasteiger partial charge >= 0.3 is 0 Å². The monoisotopic (exact) mass is 343 g/mol. The SMILES string of the molecule is CC(C(=O)N1CCN(Cc2ncn[nH]2)CC1)c1ccc2c(c1)OCO2. The zero-order chi connectivity index (χ0) is 17.2. The maximum Gasteiger partial charge on any atom is 0.231 e. The van der Waals surface area contributed by atoms with Gasteiger partial charge in [-0.05, 0) is 24.6 Å². The van der Waals surface area contributed by atoms with E-state index in [1.54, 1.807) is 0 Å². The lowest BCUT2D eigenvalue weighted by molar-refractivity contribution is -0.134. The van der Waals surface area contributed by atoms with Crippen molar-refractivity contribution in [2.24, 2.45) is 0 Å². The minimum Gasteiger partial charge on any atom is -0.454 e. The Morgan fingerprint density at radius 1 is 1.24 bits per heavy atom.